The number of nitrogens with zero attached hydrogens (tertiary/aromatic N) is 11. The number of non-ortho nitro benzene ring substituents is 1. The molecule has 1 aromatic carbocycles. The Morgan fingerprint density at radius 1 is 0.541 bits per heavy atom. The Morgan fingerprint density at radius 3 is 0.946 bits per heavy atom. The number of hydrogen-bond acceptors (Lipinski definition) is 14. The maximum absolute atomic E-state index is 10.7. The highest BCUT2D eigenvalue weighted by Crippen LogP contribution is 2.32. The van der Waals surface area contributed by atoms with Crippen molar-refractivity contribution in [2.45, 2.75) is 6.92 Å². The van der Waals surface area contributed by atoms with Crippen LogP contribution in [0, 0.1) is 77.7 Å². The third kappa shape index (κ3) is 8.48. The second kappa shape index (κ2) is 13.0. The number of nitro benzene ring substituents is 3. The van der Waals surface area contributed by atoms with Crippen molar-refractivity contribution in [1.82, 2.24) is 20.0 Å². The summed E-state index contributed by atoms with van der Waals surface area (Å²) < 4.78 is 0. The van der Waals surface area contributed by atoms with E-state index in [2.05, 4.69) is 0 Å². The molecule has 26 heteroatoms. The van der Waals surface area contributed by atoms with Crippen LogP contribution >= 0.6 is 0 Å². The molecular formula is C11H13AlN11O14. The number of benzene rings is 1. The molecule has 0 bridgehead atoms. The third-order valence-corrected chi connectivity index (χ3v) is 4.17. The van der Waals surface area contributed by atoms with E-state index in [0.717, 1.165) is 0 Å². The van der Waals surface area contributed by atoms with Crippen LogP contribution < -0.4 is 0 Å². The van der Waals surface area contributed by atoms with Crippen molar-refractivity contribution in [3.05, 3.63) is 88.5 Å². The second-order valence-electron chi connectivity index (χ2n) is 6.42. The lowest BCUT2D eigenvalue weighted by atomic mass is 10.1. The third-order valence-electron chi connectivity index (χ3n) is 4.17. The van der Waals surface area contributed by atoms with Gasteiger partial charge in [0.25, 0.3) is 17.1 Å². The molecular weight excluding hydrogens is 537 g/mol. The first-order chi connectivity index (χ1) is 16.6. The monoisotopic (exact) mass is 550 g/mol. The van der Waals surface area contributed by atoms with Gasteiger partial charge in [0.15, 0.2) is 20.1 Å². The van der Waals surface area contributed by atoms with E-state index in [9.17, 15) is 70.8 Å². The maximum atomic E-state index is 10.7. The first-order valence-corrected chi connectivity index (χ1v) is 8.71. The number of rotatable bonds is 7. The average molecular weight is 550 g/mol. The Kier molecular flexibility index (Phi) is 11.2. The summed E-state index contributed by atoms with van der Waals surface area (Å²) in [6.07, 6.45) is 0. The molecule has 1 fully saturated rings. The summed E-state index contributed by atoms with van der Waals surface area (Å²) in [7, 11) is 0. The van der Waals surface area contributed by atoms with Crippen LogP contribution in [0.1, 0.15) is 5.56 Å². The Bertz CT molecular complexity index is 994. The Hall–Kier alpha value is -5.25. The number of hydrazine groups is 4. The lowest BCUT2D eigenvalue weighted by Gasteiger charge is -2.27. The van der Waals surface area contributed by atoms with E-state index >= 15 is 0 Å². The van der Waals surface area contributed by atoms with Crippen LogP contribution in [0.3, 0.4) is 0 Å². The standard InChI is InChI=1S/C7H5N3O6.C4H8N8O8.Al/c1-4-6(9(13)14)2-5(8(11)12)3-7(4)10(15)16;13-9(14)5-1-6(10(15)16)3-8(12(19)20)4-7(2-5)11(17)18;/h2-3H,1H3;1-4H2;. The minimum absolute atomic E-state index is 0. The summed E-state index contributed by atoms with van der Waals surface area (Å²) in [5.74, 6) is 0. The predicted molar refractivity (Wildman–Crippen MR) is 112 cm³/mol. The summed E-state index contributed by atoms with van der Waals surface area (Å²) in [4.78, 5) is 71.4. The van der Waals surface area contributed by atoms with E-state index in [1.165, 1.54) is 6.92 Å². The molecule has 0 unspecified atom stereocenters. The van der Waals surface area contributed by atoms with Crippen molar-refractivity contribution >= 4 is 34.4 Å². The summed E-state index contributed by atoms with van der Waals surface area (Å²) in [6.45, 7) is -2.63. The van der Waals surface area contributed by atoms with Gasteiger partial charge in [-0.25, -0.2) is 40.5 Å². The van der Waals surface area contributed by atoms with Gasteiger partial charge < -0.3 is 0 Å². The molecule has 199 valence electrons. The van der Waals surface area contributed by atoms with Gasteiger partial charge in [0.1, 0.15) is 5.56 Å². The van der Waals surface area contributed by atoms with Crippen LogP contribution in [-0.4, -0.2) is 99.0 Å². The molecule has 2 rings (SSSR count). The van der Waals surface area contributed by atoms with Crippen LogP contribution in [0.5, 0.6) is 0 Å². The molecule has 1 aliphatic rings. The van der Waals surface area contributed by atoms with Crippen molar-refractivity contribution in [2.24, 2.45) is 0 Å². The average Bonchev–Trinajstić information content (AvgIpc) is 2.72. The molecule has 0 aliphatic carbocycles. The normalized spacial score (nSPS) is 13.1. The van der Waals surface area contributed by atoms with Gasteiger partial charge >= 0.3 is 0 Å². The van der Waals surface area contributed by atoms with Gasteiger partial charge in [0.2, 0.25) is 26.7 Å². The summed E-state index contributed by atoms with van der Waals surface area (Å²) in [5.41, 5.74) is -2.16. The fraction of sp³-hybridized carbons (Fsp3) is 0.455. The zero-order valence-electron chi connectivity index (χ0n) is 18.2. The van der Waals surface area contributed by atoms with Crippen molar-refractivity contribution in [2.75, 3.05) is 26.7 Å². The van der Waals surface area contributed by atoms with Gasteiger partial charge in [-0.3, -0.25) is 30.3 Å². The zero-order chi connectivity index (χ0) is 27.9. The van der Waals surface area contributed by atoms with Crippen molar-refractivity contribution < 1.29 is 34.9 Å². The zero-order valence-corrected chi connectivity index (χ0v) is 19.4. The molecule has 1 heterocycles. The first kappa shape index (κ1) is 31.8. The largest absolute Gasteiger partial charge is 0.286 e. The predicted octanol–water partition coefficient (Wildman–Crippen LogP) is -0.856. The lowest BCUT2D eigenvalue weighted by molar-refractivity contribution is -0.775. The SMILES string of the molecule is Cc1c([N+](=O)[O-])cc([N+](=O)[O-])cc1[N+](=O)[O-].O=[N+]([O-])N1CN([N+](=O)[O-])CN([N+](=O)[O-])CN([N+](=O)[O-])C1.[Al]. The molecule has 0 saturated carbocycles. The molecule has 0 N–H and O–H groups in total. The van der Waals surface area contributed by atoms with Crippen LogP contribution in [0.4, 0.5) is 17.1 Å². The molecule has 0 amide bonds. The Morgan fingerprint density at radius 2 is 0.784 bits per heavy atom. The summed E-state index contributed by atoms with van der Waals surface area (Å²) in [6, 6.07) is 1.39. The van der Waals surface area contributed by atoms with Gasteiger partial charge in [0.05, 0.1) is 26.9 Å². The summed E-state index contributed by atoms with van der Waals surface area (Å²) >= 11 is 0. The minimum atomic E-state index is -1.06. The fourth-order valence-corrected chi connectivity index (χ4v) is 2.50. The van der Waals surface area contributed by atoms with Crippen molar-refractivity contribution in [1.29, 1.82) is 0 Å². The molecule has 1 aromatic rings. The van der Waals surface area contributed by atoms with Crippen LogP contribution in [-0.2, 0) is 0 Å². The van der Waals surface area contributed by atoms with E-state index in [4.69, 9.17) is 0 Å². The highest BCUT2D eigenvalue weighted by molar-refractivity contribution is 5.75. The van der Waals surface area contributed by atoms with Crippen LogP contribution in [0.2, 0.25) is 0 Å². The highest BCUT2D eigenvalue weighted by Gasteiger charge is 2.39. The molecule has 3 radical (unpaired) electrons. The highest BCUT2D eigenvalue weighted by atomic mass is 27.0. The number of hydrogen-bond donors (Lipinski definition) is 0. The Labute approximate surface area is 212 Å². The molecule has 0 atom stereocenters. The van der Waals surface area contributed by atoms with Crippen LogP contribution in [0.25, 0.3) is 0 Å². The van der Waals surface area contributed by atoms with E-state index in [1.807, 2.05) is 0 Å². The van der Waals surface area contributed by atoms with Gasteiger partial charge in [-0.2, -0.15) is 0 Å². The molecule has 1 saturated heterocycles. The van der Waals surface area contributed by atoms with Gasteiger partial charge in [-0.1, -0.05) is 20.0 Å². The molecule has 37 heavy (non-hydrogen) atoms. The Balaban J connectivity index is 0.000000698. The van der Waals surface area contributed by atoms with Gasteiger partial charge in [-0.05, 0) is 6.92 Å². The van der Waals surface area contributed by atoms with E-state index < -0.39 is 78.6 Å². The molecule has 0 aromatic heterocycles. The fourth-order valence-electron chi connectivity index (χ4n) is 2.50. The number of nitro groups is 7. The second-order valence-corrected chi connectivity index (χ2v) is 6.42. The van der Waals surface area contributed by atoms with Crippen LogP contribution in [0.15, 0.2) is 12.1 Å². The van der Waals surface area contributed by atoms with Gasteiger partial charge in [-0.15, -0.1) is 0 Å². The first-order valence-electron chi connectivity index (χ1n) is 8.71. The quantitative estimate of drug-likeness (QED) is 0.226. The van der Waals surface area contributed by atoms with Gasteiger partial charge in [0, 0.05) is 17.4 Å². The topological polar surface area (TPSA) is 315 Å². The molecule has 25 nitrogen and oxygen atoms in total. The minimum Gasteiger partial charge on any atom is -0.258 e. The maximum Gasteiger partial charge on any atom is 0.286 e. The molecule has 1 aliphatic heterocycles. The summed E-state index contributed by atoms with van der Waals surface area (Å²) in [5, 5.41) is 70.7. The van der Waals surface area contributed by atoms with Crippen molar-refractivity contribution in [3.63, 3.8) is 0 Å². The smallest absolute Gasteiger partial charge is 0.258 e. The van der Waals surface area contributed by atoms with E-state index in [0.29, 0.717) is 12.1 Å². The van der Waals surface area contributed by atoms with E-state index in [1.54, 1.807) is 0 Å². The lowest BCUT2D eigenvalue weighted by Crippen LogP contribution is -2.59. The van der Waals surface area contributed by atoms with E-state index in [-0.39, 0.29) is 43.0 Å². The molecule has 0 spiro atoms. The van der Waals surface area contributed by atoms with Crippen molar-refractivity contribution in [3.8, 4) is 0 Å².